The molecule has 0 radical (unpaired) electrons. The second kappa shape index (κ2) is 6.19. The highest BCUT2D eigenvalue weighted by Gasteiger charge is 2.07. The molecule has 1 heterocycles. The number of nitrogens with one attached hydrogen (secondary N) is 1. The Kier molecular flexibility index (Phi) is 4.58. The molecule has 0 saturated heterocycles. The van der Waals surface area contributed by atoms with E-state index in [0.717, 1.165) is 23.3 Å². The Morgan fingerprint density at radius 2 is 1.95 bits per heavy atom. The van der Waals surface area contributed by atoms with Gasteiger partial charge in [-0.25, -0.2) is 9.67 Å². The molecule has 5 heteroatoms. The van der Waals surface area contributed by atoms with Crippen LogP contribution in [0.5, 0.6) is 0 Å². The minimum absolute atomic E-state index is 0.698. The largest absolute Gasteiger partial charge is 0.377 e. The smallest absolute Gasteiger partial charge is 0.146 e. The van der Waals surface area contributed by atoms with Crippen molar-refractivity contribution < 1.29 is 0 Å². The maximum Gasteiger partial charge on any atom is 0.146 e. The molecule has 0 aliphatic rings. The van der Waals surface area contributed by atoms with Crippen LogP contribution in [0.3, 0.4) is 0 Å². The van der Waals surface area contributed by atoms with E-state index in [0.29, 0.717) is 6.54 Å². The molecule has 2 rings (SSSR count). The van der Waals surface area contributed by atoms with Crippen molar-refractivity contribution in [1.82, 2.24) is 14.8 Å². The van der Waals surface area contributed by atoms with E-state index in [1.54, 1.807) is 6.33 Å². The van der Waals surface area contributed by atoms with Gasteiger partial charge in [-0.3, -0.25) is 0 Å². The molecule has 0 unspecified atom stereocenters. The summed E-state index contributed by atoms with van der Waals surface area (Å²) in [6.07, 6.45) is 2.68. The molecule has 1 aromatic carbocycles. The lowest BCUT2D eigenvalue weighted by Crippen LogP contribution is -2.11. The molecule has 19 heavy (non-hydrogen) atoms. The van der Waals surface area contributed by atoms with Crippen molar-refractivity contribution in [2.45, 2.75) is 40.3 Å². The number of aromatic nitrogens is 3. The molecule has 4 nitrogen and oxygen atoms in total. The second-order valence-electron chi connectivity index (χ2n) is 4.67. The minimum atomic E-state index is 0.698. The van der Waals surface area contributed by atoms with E-state index in [1.165, 1.54) is 16.8 Å². The van der Waals surface area contributed by atoms with E-state index in [4.69, 9.17) is 0 Å². The first-order chi connectivity index (χ1) is 9.11. The van der Waals surface area contributed by atoms with Crippen molar-refractivity contribution in [2.75, 3.05) is 5.32 Å². The fraction of sp³-hybridized carbons (Fsp3) is 0.429. The lowest BCUT2D eigenvalue weighted by Gasteiger charge is -2.13. The van der Waals surface area contributed by atoms with Crippen LogP contribution in [0.25, 0.3) is 0 Å². The lowest BCUT2D eigenvalue weighted by molar-refractivity contribution is 0.574. The van der Waals surface area contributed by atoms with Gasteiger partial charge in [0.25, 0.3) is 0 Å². The van der Waals surface area contributed by atoms with Gasteiger partial charge in [-0.1, -0.05) is 22.9 Å². The van der Waals surface area contributed by atoms with Gasteiger partial charge in [0.1, 0.15) is 12.2 Å². The van der Waals surface area contributed by atoms with Crippen LogP contribution in [0.2, 0.25) is 0 Å². The summed E-state index contributed by atoms with van der Waals surface area (Å²) in [4.78, 5) is 4.31. The van der Waals surface area contributed by atoms with Crippen LogP contribution in [0.1, 0.15) is 30.3 Å². The fourth-order valence-corrected chi connectivity index (χ4v) is 2.87. The highest BCUT2D eigenvalue weighted by atomic mass is 79.9. The number of benzene rings is 1. The molecule has 0 spiro atoms. The summed E-state index contributed by atoms with van der Waals surface area (Å²) in [5, 5.41) is 7.70. The Labute approximate surface area is 122 Å². The SMILES string of the molecule is CCCn1ncnc1CNc1c(C)cc(Br)cc1C. The molecular formula is C14H19BrN4. The van der Waals surface area contributed by atoms with E-state index < -0.39 is 0 Å². The number of rotatable bonds is 5. The molecule has 0 aliphatic heterocycles. The van der Waals surface area contributed by atoms with Crippen molar-refractivity contribution in [2.24, 2.45) is 0 Å². The molecule has 2 aromatic rings. The Hall–Kier alpha value is -1.36. The summed E-state index contributed by atoms with van der Waals surface area (Å²) in [6, 6.07) is 4.23. The van der Waals surface area contributed by atoms with Crippen LogP contribution in [-0.2, 0) is 13.1 Å². The predicted octanol–water partition coefficient (Wildman–Crippen LogP) is 3.68. The fourth-order valence-electron chi connectivity index (χ4n) is 2.18. The van der Waals surface area contributed by atoms with Crippen LogP contribution < -0.4 is 5.32 Å². The summed E-state index contributed by atoms with van der Waals surface area (Å²) < 4.78 is 3.07. The quantitative estimate of drug-likeness (QED) is 0.913. The summed E-state index contributed by atoms with van der Waals surface area (Å²) in [7, 11) is 0. The van der Waals surface area contributed by atoms with Gasteiger partial charge in [-0.2, -0.15) is 5.10 Å². The molecule has 0 aliphatic carbocycles. The zero-order valence-corrected chi connectivity index (χ0v) is 13.2. The molecule has 1 N–H and O–H groups in total. The molecule has 0 amide bonds. The monoisotopic (exact) mass is 322 g/mol. The molecule has 0 saturated carbocycles. The average Bonchev–Trinajstić information content (AvgIpc) is 2.76. The first kappa shape index (κ1) is 14.1. The number of aryl methyl sites for hydroxylation is 3. The number of hydrogen-bond acceptors (Lipinski definition) is 3. The van der Waals surface area contributed by atoms with E-state index in [-0.39, 0.29) is 0 Å². The zero-order chi connectivity index (χ0) is 13.8. The number of anilines is 1. The third-order valence-corrected chi connectivity index (χ3v) is 3.51. The maximum atomic E-state index is 4.31. The standard InChI is InChI=1S/C14H19BrN4/c1-4-5-19-13(17-9-18-19)8-16-14-10(2)6-12(15)7-11(14)3/h6-7,9,16H,4-5,8H2,1-3H3. The Bertz CT molecular complexity index is 539. The van der Waals surface area contributed by atoms with Crippen molar-refractivity contribution in [3.63, 3.8) is 0 Å². The molecule has 0 atom stereocenters. The third-order valence-electron chi connectivity index (χ3n) is 3.05. The lowest BCUT2D eigenvalue weighted by atomic mass is 10.1. The number of nitrogens with zero attached hydrogens (tertiary/aromatic N) is 3. The number of hydrogen-bond donors (Lipinski definition) is 1. The van der Waals surface area contributed by atoms with Crippen molar-refractivity contribution >= 4 is 21.6 Å². The zero-order valence-electron chi connectivity index (χ0n) is 11.6. The van der Waals surface area contributed by atoms with Crippen LogP contribution in [0, 0.1) is 13.8 Å². The number of halogens is 1. The second-order valence-corrected chi connectivity index (χ2v) is 5.58. The van der Waals surface area contributed by atoms with Gasteiger partial charge < -0.3 is 5.32 Å². The predicted molar refractivity (Wildman–Crippen MR) is 81.3 cm³/mol. The van der Waals surface area contributed by atoms with Gasteiger partial charge >= 0.3 is 0 Å². The normalized spacial score (nSPS) is 10.7. The van der Waals surface area contributed by atoms with E-state index in [9.17, 15) is 0 Å². The maximum absolute atomic E-state index is 4.31. The van der Waals surface area contributed by atoms with E-state index in [1.807, 2.05) is 4.68 Å². The highest BCUT2D eigenvalue weighted by molar-refractivity contribution is 9.10. The molecule has 0 fully saturated rings. The van der Waals surface area contributed by atoms with Crippen LogP contribution in [0.4, 0.5) is 5.69 Å². The van der Waals surface area contributed by atoms with Crippen molar-refractivity contribution in [3.8, 4) is 0 Å². The summed E-state index contributed by atoms with van der Waals surface area (Å²) >= 11 is 3.51. The summed E-state index contributed by atoms with van der Waals surface area (Å²) in [5.74, 6) is 0.976. The summed E-state index contributed by atoms with van der Waals surface area (Å²) in [6.45, 7) is 7.97. The van der Waals surface area contributed by atoms with Gasteiger partial charge in [0.05, 0.1) is 6.54 Å². The molecule has 102 valence electrons. The third kappa shape index (κ3) is 3.35. The van der Waals surface area contributed by atoms with Gasteiger partial charge in [0.15, 0.2) is 0 Å². The van der Waals surface area contributed by atoms with Gasteiger partial charge in [-0.15, -0.1) is 0 Å². The average molecular weight is 323 g/mol. The topological polar surface area (TPSA) is 42.7 Å². The first-order valence-electron chi connectivity index (χ1n) is 6.49. The van der Waals surface area contributed by atoms with Crippen LogP contribution in [-0.4, -0.2) is 14.8 Å². The minimum Gasteiger partial charge on any atom is -0.377 e. The highest BCUT2D eigenvalue weighted by Crippen LogP contribution is 2.25. The Morgan fingerprint density at radius 1 is 1.26 bits per heavy atom. The Morgan fingerprint density at radius 3 is 2.58 bits per heavy atom. The van der Waals surface area contributed by atoms with Crippen molar-refractivity contribution in [1.29, 1.82) is 0 Å². The molecular weight excluding hydrogens is 304 g/mol. The van der Waals surface area contributed by atoms with Crippen molar-refractivity contribution in [3.05, 3.63) is 39.9 Å². The van der Waals surface area contributed by atoms with Gasteiger partial charge in [0, 0.05) is 16.7 Å². The van der Waals surface area contributed by atoms with E-state index >= 15 is 0 Å². The molecule has 1 aromatic heterocycles. The first-order valence-corrected chi connectivity index (χ1v) is 7.28. The molecule has 0 bridgehead atoms. The van der Waals surface area contributed by atoms with E-state index in [2.05, 4.69) is 64.2 Å². The Balaban J connectivity index is 2.12. The van der Waals surface area contributed by atoms with Gasteiger partial charge in [-0.05, 0) is 43.5 Å². The summed E-state index contributed by atoms with van der Waals surface area (Å²) in [5.41, 5.74) is 3.64. The van der Waals surface area contributed by atoms with Crippen LogP contribution >= 0.6 is 15.9 Å². The van der Waals surface area contributed by atoms with Gasteiger partial charge in [0.2, 0.25) is 0 Å². The van der Waals surface area contributed by atoms with Crippen LogP contribution in [0.15, 0.2) is 22.9 Å².